The molecule has 2 aromatic heterocycles. The number of anilines is 1. The molecule has 2 heterocycles. The Hall–Kier alpha value is -3.18. The van der Waals surface area contributed by atoms with Crippen molar-refractivity contribution in [3.8, 4) is 17.2 Å². The largest absolute Gasteiger partial charge is 0.492 e. The summed E-state index contributed by atoms with van der Waals surface area (Å²) in [5, 5.41) is 7.56. The smallest absolute Gasteiger partial charge is 0.265 e. The fourth-order valence-corrected chi connectivity index (χ4v) is 4.53. The van der Waals surface area contributed by atoms with Crippen LogP contribution in [0.25, 0.3) is 11.5 Å². The van der Waals surface area contributed by atoms with Gasteiger partial charge in [-0.3, -0.25) is 4.72 Å². The maximum absolute atomic E-state index is 12.9. The minimum absolute atomic E-state index is 0.0433. The van der Waals surface area contributed by atoms with Gasteiger partial charge in [-0.25, -0.2) is 8.42 Å². The van der Waals surface area contributed by atoms with Crippen molar-refractivity contribution in [1.82, 2.24) is 15.3 Å². The highest BCUT2D eigenvalue weighted by molar-refractivity contribution is 9.10. The fourth-order valence-electron chi connectivity index (χ4n) is 2.79. The van der Waals surface area contributed by atoms with Crippen molar-refractivity contribution >= 4 is 31.6 Å². The molecule has 0 unspecified atom stereocenters. The minimum atomic E-state index is -3.86. The number of aromatic nitrogens is 3. The molecule has 0 spiro atoms. The predicted molar refractivity (Wildman–Crippen MR) is 115 cm³/mol. The lowest BCUT2D eigenvalue weighted by atomic mass is 10.2. The molecule has 0 radical (unpaired) electrons. The van der Waals surface area contributed by atoms with Crippen LogP contribution in [0.4, 0.5) is 5.69 Å². The summed E-state index contributed by atoms with van der Waals surface area (Å²) in [5.74, 6) is 1.67. The Morgan fingerprint density at radius 1 is 1.10 bits per heavy atom. The van der Waals surface area contributed by atoms with Crippen LogP contribution in [-0.2, 0) is 16.4 Å². The van der Waals surface area contributed by atoms with Gasteiger partial charge in [-0.2, -0.15) is 4.98 Å². The normalized spacial score (nSPS) is 11.4. The molecule has 9 nitrogen and oxygen atoms in total. The summed E-state index contributed by atoms with van der Waals surface area (Å²) in [4.78, 5) is 4.37. The summed E-state index contributed by atoms with van der Waals surface area (Å²) in [6.45, 7) is 2.14. The molecule has 0 fully saturated rings. The third-order valence-corrected chi connectivity index (χ3v) is 6.07. The second-order valence-electron chi connectivity index (χ2n) is 6.38. The third-order valence-electron chi connectivity index (χ3n) is 4.17. The van der Waals surface area contributed by atoms with Crippen LogP contribution in [0.1, 0.15) is 18.5 Å². The van der Waals surface area contributed by atoms with Crippen LogP contribution < -0.4 is 9.46 Å². The maximum atomic E-state index is 12.9. The molecular weight excluding hydrogens is 488 g/mol. The molecule has 4 aromatic rings. The average Bonchev–Trinajstić information content (AvgIpc) is 3.42. The van der Waals surface area contributed by atoms with Crippen molar-refractivity contribution < 1.29 is 22.2 Å². The van der Waals surface area contributed by atoms with Gasteiger partial charge < -0.3 is 13.8 Å². The molecule has 31 heavy (non-hydrogen) atoms. The first-order valence-electron chi connectivity index (χ1n) is 9.22. The quantitative estimate of drug-likeness (QED) is 0.377. The molecule has 0 atom stereocenters. The van der Waals surface area contributed by atoms with Gasteiger partial charge in [0.25, 0.3) is 15.9 Å². The number of nitrogens with zero attached hydrogens (tertiary/aromatic N) is 3. The van der Waals surface area contributed by atoms with E-state index in [2.05, 4.69) is 35.9 Å². The highest BCUT2D eigenvalue weighted by atomic mass is 79.9. The Bertz CT molecular complexity index is 1270. The number of benzene rings is 2. The van der Waals surface area contributed by atoms with Gasteiger partial charge >= 0.3 is 0 Å². The second-order valence-corrected chi connectivity index (χ2v) is 8.94. The van der Waals surface area contributed by atoms with E-state index < -0.39 is 10.0 Å². The summed E-state index contributed by atoms with van der Waals surface area (Å²) in [5.41, 5.74) is 1.03. The molecule has 0 aliphatic rings. The average molecular weight is 505 g/mol. The zero-order valence-corrected chi connectivity index (χ0v) is 18.7. The van der Waals surface area contributed by atoms with Gasteiger partial charge in [-0.15, -0.1) is 0 Å². The van der Waals surface area contributed by atoms with Crippen molar-refractivity contribution in [2.75, 3.05) is 11.3 Å². The van der Waals surface area contributed by atoms with Crippen molar-refractivity contribution in [3.63, 3.8) is 0 Å². The van der Waals surface area contributed by atoms with Crippen LogP contribution in [-0.4, -0.2) is 30.3 Å². The lowest BCUT2D eigenvalue weighted by Gasteiger charge is -2.13. The summed E-state index contributed by atoms with van der Waals surface area (Å²) in [6.07, 6.45) is 1.90. The lowest BCUT2D eigenvalue weighted by molar-refractivity contribution is 0.331. The number of rotatable bonds is 8. The summed E-state index contributed by atoms with van der Waals surface area (Å²) in [7, 11) is -3.86. The first-order chi connectivity index (χ1) is 14.9. The van der Waals surface area contributed by atoms with Crippen molar-refractivity contribution in [2.24, 2.45) is 0 Å². The Morgan fingerprint density at radius 2 is 1.90 bits per heavy atom. The predicted octanol–water partition coefficient (Wildman–Crippen LogP) is 4.28. The Balaban J connectivity index is 1.51. The molecule has 0 aliphatic carbocycles. The van der Waals surface area contributed by atoms with Gasteiger partial charge in [0.15, 0.2) is 5.82 Å². The maximum Gasteiger partial charge on any atom is 0.265 e. The number of hydrogen-bond donors (Lipinski definition) is 1. The lowest BCUT2D eigenvalue weighted by Crippen LogP contribution is -2.14. The molecular formula is C20H17BrN4O5S. The van der Waals surface area contributed by atoms with Crippen LogP contribution in [0.15, 0.2) is 73.1 Å². The molecule has 0 bridgehead atoms. The SMILES string of the molecule is CCOc1ccc(Br)cc1S(=O)(=O)Nc1ccc(-c2nc(Cc3ccno3)no2)cc1. The molecule has 0 amide bonds. The molecule has 160 valence electrons. The van der Waals surface area contributed by atoms with E-state index in [9.17, 15) is 8.42 Å². The van der Waals surface area contributed by atoms with E-state index in [1.165, 1.54) is 6.07 Å². The zero-order chi connectivity index (χ0) is 21.8. The van der Waals surface area contributed by atoms with Crippen molar-refractivity contribution in [2.45, 2.75) is 18.2 Å². The van der Waals surface area contributed by atoms with Crippen LogP contribution in [0, 0.1) is 0 Å². The fraction of sp³-hybridized carbons (Fsp3) is 0.150. The first-order valence-corrected chi connectivity index (χ1v) is 11.5. The number of nitrogens with one attached hydrogen (secondary N) is 1. The van der Waals surface area contributed by atoms with E-state index in [-0.39, 0.29) is 10.6 Å². The second kappa shape index (κ2) is 8.90. The van der Waals surface area contributed by atoms with E-state index in [1.54, 1.807) is 55.6 Å². The third kappa shape index (κ3) is 4.94. The monoisotopic (exact) mass is 504 g/mol. The van der Waals surface area contributed by atoms with Gasteiger partial charge in [0.1, 0.15) is 16.4 Å². The van der Waals surface area contributed by atoms with Crippen LogP contribution in [0.2, 0.25) is 0 Å². The van der Waals surface area contributed by atoms with Gasteiger partial charge in [0.2, 0.25) is 0 Å². The van der Waals surface area contributed by atoms with Gasteiger partial charge in [-0.05, 0) is 49.4 Å². The van der Waals surface area contributed by atoms with Gasteiger partial charge in [0, 0.05) is 21.8 Å². The van der Waals surface area contributed by atoms with Gasteiger partial charge in [-0.1, -0.05) is 26.2 Å². The van der Waals surface area contributed by atoms with Crippen LogP contribution >= 0.6 is 15.9 Å². The molecule has 11 heteroatoms. The van der Waals surface area contributed by atoms with E-state index >= 15 is 0 Å². The molecule has 0 saturated carbocycles. The Labute approximate surface area is 186 Å². The molecule has 0 aliphatic heterocycles. The molecule has 2 aromatic carbocycles. The summed E-state index contributed by atoms with van der Waals surface area (Å²) in [6, 6.07) is 13.2. The summed E-state index contributed by atoms with van der Waals surface area (Å²) < 4.78 is 44.7. The van der Waals surface area contributed by atoms with Crippen LogP contribution in [0.5, 0.6) is 5.75 Å². The van der Waals surface area contributed by atoms with E-state index in [0.29, 0.717) is 46.2 Å². The number of halogens is 1. The highest BCUT2D eigenvalue weighted by Gasteiger charge is 2.21. The Kier molecular flexibility index (Phi) is 6.05. The first kappa shape index (κ1) is 21.1. The van der Waals surface area contributed by atoms with Crippen molar-refractivity contribution in [1.29, 1.82) is 0 Å². The molecule has 0 saturated heterocycles. The molecule has 1 N–H and O–H groups in total. The highest BCUT2D eigenvalue weighted by Crippen LogP contribution is 2.30. The topological polar surface area (TPSA) is 120 Å². The Morgan fingerprint density at radius 3 is 2.61 bits per heavy atom. The minimum Gasteiger partial charge on any atom is -0.492 e. The van der Waals surface area contributed by atoms with E-state index in [1.807, 2.05) is 0 Å². The zero-order valence-electron chi connectivity index (χ0n) is 16.3. The molecule has 4 rings (SSSR count). The number of ether oxygens (including phenoxy) is 1. The van der Waals surface area contributed by atoms with Crippen LogP contribution in [0.3, 0.4) is 0 Å². The standard InChI is InChI=1S/C20H17BrN4O5S/c1-2-28-17-8-5-14(21)11-18(17)31(26,27)25-15-6-3-13(4-7-15)20-23-19(24-30-20)12-16-9-10-22-29-16/h3-11,25H,2,12H2,1H3. The van der Waals surface area contributed by atoms with E-state index in [4.69, 9.17) is 13.8 Å². The number of hydrogen-bond acceptors (Lipinski definition) is 8. The van der Waals surface area contributed by atoms with Gasteiger partial charge in [0.05, 0.1) is 19.2 Å². The van der Waals surface area contributed by atoms with Crippen molar-refractivity contribution in [3.05, 3.63) is 70.8 Å². The van der Waals surface area contributed by atoms with E-state index in [0.717, 1.165) is 0 Å². The number of sulfonamides is 1. The summed E-state index contributed by atoms with van der Waals surface area (Å²) >= 11 is 3.30.